The van der Waals surface area contributed by atoms with Crippen molar-refractivity contribution in [2.45, 2.75) is 29.2 Å². The lowest BCUT2D eigenvalue weighted by Gasteiger charge is -2.12. The molecule has 2 rings (SSSR count). The molecule has 100 valence electrons. The van der Waals surface area contributed by atoms with Crippen LogP contribution in [0.25, 0.3) is 0 Å². The van der Waals surface area contributed by atoms with Crippen molar-refractivity contribution < 1.29 is 4.39 Å². The van der Waals surface area contributed by atoms with Gasteiger partial charge < -0.3 is 5.73 Å². The first-order valence-electron chi connectivity index (χ1n) is 6.02. The van der Waals surface area contributed by atoms with Gasteiger partial charge in [0, 0.05) is 25.9 Å². The second kappa shape index (κ2) is 6.55. The van der Waals surface area contributed by atoms with Crippen LogP contribution in [0.2, 0.25) is 0 Å². The largest absolute Gasteiger partial charge is 0.328 e. The first kappa shape index (κ1) is 14.6. The maximum atomic E-state index is 13.9. The molecule has 0 aromatic heterocycles. The van der Waals surface area contributed by atoms with E-state index in [4.69, 9.17) is 5.73 Å². The number of hydrogen-bond acceptors (Lipinski definition) is 2. The number of benzene rings is 2. The molecule has 4 heteroatoms. The van der Waals surface area contributed by atoms with Gasteiger partial charge in [-0.25, -0.2) is 4.39 Å². The van der Waals surface area contributed by atoms with Crippen molar-refractivity contribution in [1.29, 1.82) is 0 Å². The van der Waals surface area contributed by atoms with Crippen molar-refractivity contribution in [3.8, 4) is 0 Å². The van der Waals surface area contributed by atoms with E-state index in [-0.39, 0.29) is 11.9 Å². The van der Waals surface area contributed by atoms with Crippen LogP contribution >= 0.6 is 27.7 Å². The summed E-state index contributed by atoms with van der Waals surface area (Å²) < 4.78 is 14.9. The Morgan fingerprint density at radius 1 is 1.26 bits per heavy atom. The van der Waals surface area contributed by atoms with Gasteiger partial charge in [-0.3, -0.25) is 0 Å². The quantitative estimate of drug-likeness (QED) is 0.878. The van der Waals surface area contributed by atoms with Crippen molar-refractivity contribution in [1.82, 2.24) is 0 Å². The standard InChI is InChI=1S/C15H15BrFNS/c1-10(18)8-13-14(17)6-3-7-15(13)19-12-5-2-4-11(16)9-12/h2-7,9-10H,8,18H2,1H3. The number of halogens is 2. The maximum Gasteiger partial charge on any atom is 0.127 e. The van der Waals surface area contributed by atoms with Crippen LogP contribution in [0, 0.1) is 5.82 Å². The Morgan fingerprint density at radius 3 is 2.68 bits per heavy atom. The van der Waals surface area contributed by atoms with E-state index < -0.39 is 0 Å². The van der Waals surface area contributed by atoms with E-state index >= 15 is 0 Å². The molecule has 1 nitrogen and oxygen atoms in total. The molecule has 2 N–H and O–H groups in total. The molecule has 0 saturated heterocycles. The van der Waals surface area contributed by atoms with Crippen LogP contribution in [-0.4, -0.2) is 6.04 Å². The molecular formula is C15H15BrFNS. The number of hydrogen-bond donors (Lipinski definition) is 1. The van der Waals surface area contributed by atoms with Gasteiger partial charge in [0.05, 0.1) is 0 Å². The third-order valence-electron chi connectivity index (χ3n) is 2.63. The Hall–Kier alpha value is -0.840. The number of rotatable bonds is 4. The van der Waals surface area contributed by atoms with Gasteiger partial charge in [-0.05, 0) is 43.7 Å². The highest BCUT2D eigenvalue weighted by Gasteiger charge is 2.11. The van der Waals surface area contributed by atoms with Crippen LogP contribution < -0.4 is 5.73 Å². The average Bonchev–Trinajstić information content (AvgIpc) is 2.33. The number of nitrogens with two attached hydrogens (primary N) is 1. The summed E-state index contributed by atoms with van der Waals surface area (Å²) >= 11 is 5.00. The van der Waals surface area contributed by atoms with Gasteiger partial charge in [0.2, 0.25) is 0 Å². The topological polar surface area (TPSA) is 26.0 Å². The van der Waals surface area contributed by atoms with Crippen LogP contribution in [0.5, 0.6) is 0 Å². The highest BCUT2D eigenvalue weighted by molar-refractivity contribution is 9.10. The van der Waals surface area contributed by atoms with Crippen molar-refractivity contribution in [3.05, 3.63) is 58.3 Å². The summed E-state index contributed by atoms with van der Waals surface area (Å²) in [5.41, 5.74) is 6.49. The highest BCUT2D eigenvalue weighted by atomic mass is 79.9. The van der Waals surface area contributed by atoms with Gasteiger partial charge in [-0.15, -0.1) is 0 Å². The van der Waals surface area contributed by atoms with Crippen LogP contribution in [0.1, 0.15) is 12.5 Å². The minimum absolute atomic E-state index is 0.0567. The van der Waals surface area contributed by atoms with Gasteiger partial charge in [0.1, 0.15) is 5.82 Å². The summed E-state index contributed by atoms with van der Waals surface area (Å²) in [5, 5.41) is 0. The maximum absolute atomic E-state index is 13.9. The molecule has 2 aromatic carbocycles. The molecule has 0 spiro atoms. The van der Waals surface area contributed by atoms with E-state index in [2.05, 4.69) is 15.9 Å². The van der Waals surface area contributed by atoms with Crippen molar-refractivity contribution in [3.63, 3.8) is 0 Å². The zero-order valence-corrected chi connectivity index (χ0v) is 13.0. The lowest BCUT2D eigenvalue weighted by Crippen LogP contribution is -2.19. The summed E-state index contributed by atoms with van der Waals surface area (Å²) in [6, 6.07) is 13.1. The van der Waals surface area contributed by atoms with E-state index in [1.54, 1.807) is 17.8 Å². The lowest BCUT2D eigenvalue weighted by molar-refractivity contribution is 0.588. The Morgan fingerprint density at radius 2 is 2.00 bits per heavy atom. The third kappa shape index (κ3) is 4.06. The molecule has 19 heavy (non-hydrogen) atoms. The molecule has 0 heterocycles. The van der Waals surface area contributed by atoms with Gasteiger partial charge in [0.15, 0.2) is 0 Å². The Bertz CT molecular complexity index is 572. The minimum atomic E-state index is -0.183. The predicted octanol–water partition coefficient (Wildman–Crippen LogP) is 4.63. The molecule has 0 bridgehead atoms. The van der Waals surface area contributed by atoms with Gasteiger partial charge in [0.25, 0.3) is 0 Å². The second-order valence-corrected chi connectivity index (χ2v) is 6.49. The first-order valence-corrected chi connectivity index (χ1v) is 7.63. The molecule has 0 aliphatic carbocycles. The second-order valence-electron chi connectivity index (χ2n) is 4.46. The third-order valence-corrected chi connectivity index (χ3v) is 4.21. The molecule has 0 fully saturated rings. The summed E-state index contributed by atoms with van der Waals surface area (Å²) in [6.45, 7) is 1.89. The van der Waals surface area contributed by atoms with Crippen molar-refractivity contribution in [2.24, 2.45) is 5.73 Å². The van der Waals surface area contributed by atoms with Crippen LogP contribution in [0.4, 0.5) is 4.39 Å². The normalized spacial score (nSPS) is 12.4. The van der Waals surface area contributed by atoms with E-state index in [0.717, 1.165) is 14.3 Å². The molecule has 2 aromatic rings. The Kier molecular flexibility index (Phi) is 5.02. The van der Waals surface area contributed by atoms with Crippen LogP contribution in [0.3, 0.4) is 0 Å². The highest BCUT2D eigenvalue weighted by Crippen LogP contribution is 2.33. The average molecular weight is 340 g/mol. The smallest absolute Gasteiger partial charge is 0.127 e. The molecule has 0 saturated carbocycles. The molecule has 0 aliphatic rings. The van der Waals surface area contributed by atoms with Crippen molar-refractivity contribution >= 4 is 27.7 Å². The van der Waals surface area contributed by atoms with Crippen LogP contribution in [0.15, 0.2) is 56.7 Å². The fourth-order valence-corrected chi connectivity index (χ4v) is 3.40. The van der Waals surface area contributed by atoms with E-state index in [9.17, 15) is 4.39 Å². The molecule has 0 aliphatic heterocycles. The lowest BCUT2D eigenvalue weighted by atomic mass is 10.1. The summed E-state index contributed by atoms with van der Waals surface area (Å²) in [6.07, 6.45) is 0.545. The molecule has 0 amide bonds. The van der Waals surface area contributed by atoms with Gasteiger partial charge in [-0.2, -0.15) is 0 Å². The van der Waals surface area contributed by atoms with Gasteiger partial charge >= 0.3 is 0 Å². The summed E-state index contributed by atoms with van der Waals surface area (Å²) in [5.74, 6) is -0.183. The summed E-state index contributed by atoms with van der Waals surface area (Å²) in [4.78, 5) is 2.00. The van der Waals surface area contributed by atoms with Crippen molar-refractivity contribution in [2.75, 3.05) is 0 Å². The molecular weight excluding hydrogens is 325 g/mol. The first-order chi connectivity index (χ1) is 9.06. The zero-order chi connectivity index (χ0) is 13.8. The molecule has 1 unspecified atom stereocenters. The van der Waals surface area contributed by atoms with Gasteiger partial charge in [-0.1, -0.05) is 39.8 Å². The Labute approximate surface area is 125 Å². The fourth-order valence-electron chi connectivity index (χ4n) is 1.81. The monoisotopic (exact) mass is 339 g/mol. The van der Waals surface area contributed by atoms with E-state index in [0.29, 0.717) is 12.0 Å². The zero-order valence-electron chi connectivity index (χ0n) is 10.6. The molecule has 1 atom stereocenters. The van der Waals surface area contributed by atoms with Crippen LogP contribution in [-0.2, 0) is 6.42 Å². The molecule has 0 radical (unpaired) electrons. The predicted molar refractivity (Wildman–Crippen MR) is 82.0 cm³/mol. The SMILES string of the molecule is CC(N)Cc1c(F)cccc1Sc1cccc(Br)c1. The van der Waals surface area contributed by atoms with E-state index in [1.165, 1.54) is 6.07 Å². The summed E-state index contributed by atoms with van der Waals surface area (Å²) in [7, 11) is 0. The van der Waals surface area contributed by atoms with E-state index in [1.807, 2.05) is 37.3 Å². The fraction of sp³-hybridized carbons (Fsp3) is 0.200. The minimum Gasteiger partial charge on any atom is -0.328 e. The Balaban J connectivity index is 2.31.